The van der Waals surface area contributed by atoms with Gasteiger partial charge < -0.3 is 10.2 Å². The van der Waals surface area contributed by atoms with Crippen LogP contribution in [0.25, 0.3) is 0 Å². The summed E-state index contributed by atoms with van der Waals surface area (Å²) in [5, 5.41) is 10.9. The number of ether oxygens (including phenoxy) is 1. The second kappa shape index (κ2) is 5.80. The zero-order valence-electron chi connectivity index (χ0n) is 9.84. The fourth-order valence-electron chi connectivity index (χ4n) is 1.38. The molecule has 0 fully saturated rings. The molecule has 0 aliphatic rings. The predicted octanol–water partition coefficient (Wildman–Crippen LogP) is 2.97. The normalized spacial score (nSPS) is 10.2. The minimum Gasteiger partial charge on any atom is -0.434 e. The molecule has 1 aromatic carbocycles. The van der Waals surface area contributed by atoms with Gasteiger partial charge >= 0.3 is 11.6 Å². The van der Waals surface area contributed by atoms with Crippen LogP contribution >= 0.6 is 15.9 Å². The molecular weight excluding hydrogens is 335 g/mol. The number of aromatic nitrogens is 1. The number of nitrogen functional groups attached to an aromatic ring is 1. The largest absolute Gasteiger partial charge is 0.434 e. The third kappa shape index (κ3) is 3.00. The molecule has 0 spiro atoms. The van der Waals surface area contributed by atoms with Crippen LogP contribution in [0.15, 0.2) is 34.8 Å². The highest BCUT2D eigenvalue weighted by atomic mass is 79.9. The van der Waals surface area contributed by atoms with Crippen molar-refractivity contribution in [2.45, 2.75) is 0 Å². The lowest BCUT2D eigenvalue weighted by molar-refractivity contribution is -0.386. The van der Waals surface area contributed by atoms with Crippen molar-refractivity contribution in [3.63, 3.8) is 0 Å². The molecule has 0 aliphatic heterocycles. The van der Waals surface area contributed by atoms with Crippen LogP contribution in [0.4, 0.5) is 15.9 Å². The summed E-state index contributed by atoms with van der Waals surface area (Å²) in [4.78, 5) is 14.1. The van der Waals surface area contributed by atoms with E-state index in [2.05, 4.69) is 26.3 Å². The minimum absolute atomic E-state index is 0.0791. The van der Waals surface area contributed by atoms with Crippen LogP contribution < -0.4 is 16.0 Å². The Balaban J connectivity index is 2.40. The van der Waals surface area contributed by atoms with Crippen LogP contribution in [0.3, 0.4) is 0 Å². The number of benzene rings is 1. The molecular formula is C11H8BrFN4O3. The number of pyridine rings is 1. The van der Waals surface area contributed by atoms with E-state index in [1.165, 1.54) is 24.3 Å². The van der Waals surface area contributed by atoms with E-state index in [0.29, 0.717) is 0 Å². The van der Waals surface area contributed by atoms with Crippen molar-refractivity contribution in [3.05, 3.63) is 50.7 Å². The van der Waals surface area contributed by atoms with Crippen LogP contribution in [0.2, 0.25) is 0 Å². The average Bonchev–Trinajstić information content (AvgIpc) is 2.42. The zero-order valence-corrected chi connectivity index (χ0v) is 11.4. The number of nitro groups is 1. The minimum atomic E-state index is -0.655. The molecule has 9 heteroatoms. The quantitative estimate of drug-likeness (QED) is 0.503. The average molecular weight is 343 g/mol. The maximum atomic E-state index is 13.4. The van der Waals surface area contributed by atoms with Crippen LogP contribution in [0.1, 0.15) is 0 Å². The maximum Gasteiger partial charge on any atom is 0.331 e. The van der Waals surface area contributed by atoms with E-state index in [1.807, 2.05) is 0 Å². The van der Waals surface area contributed by atoms with Crippen molar-refractivity contribution in [2.75, 3.05) is 5.43 Å². The molecule has 0 radical (unpaired) electrons. The second-order valence-corrected chi connectivity index (χ2v) is 4.45. The molecule has 2 aromatic rings. The summed E-state index contributed by atoms with van der Waals surface area (Å²) in [5.41, 5.74) is 1.89. The molecule has 0 amide bonds. The van der Waals surface area contributed by atoms with Gasteiger partial charge in [-0.25, -0.2) is 10.2 Å². The number of anilines is 1. The van der Waals surface area contributed by atoms with E-state index >= 15 is 0 Å². The number of nitrogens with zero attached hydrogens (tertiary/aromatic N) is 2. The molecule has 2 rings (SSSR count). The third-order valence-electron chi connectivity index (χ3n) is 2.29. The van der Waals surface area contributed by atoms with Gasteiger partial charge in [0.2, 0.25) is 0 Å². The van der Waals surface area contributed by atoms with E-state index in [-0.39, 0.29) is 27.6 Å². The summed E-state index contributed by atoms with van der Waals surface area (Å²) >= 11 is 2.99. The lowest BCUT2D eigenvalue weighted by Crippen LogP contribution is -2.09. The lowest BCUT2D eigenvalue weighted by atomic mass is 10.3. The van der Waals surface area contributed by atoms with Crippen molar-refractivity contribution < 1.29 is 14.1 Å². The van der Waals surface area contributed by atoms with E-state index in [4.69, 9.17) is 10.6 Å². The van der Waals surface area contributed by atoms with E-state index in [9.17, 15) is 14.5 Å². The fourth-order valence-corrected chi connectivity index (χ4v) is 1.63. The van der Waals surface area contributed by atoms with E-state index in [1.54, 1.807) is 0 Å². The summed E-state index contributed by atoms with van der Waals surface area (Å²) in [6.45, 7) is 0. The SMILES string of the molecule is NNc1ccc([N+](=O)[O-])c(Oc2ccc(Br)c(F)c2)n1. The summed E-state index contributed by atoms with van der Waals surface area (Å²) < 4.78 is 18.9. The monoisotopic (exact) mass is 342 g/mol. The summed E-state index contributed by atoms with van der Waals surface area (Å²) in [6.07, 6.45) is 0. The van der Waals surface area contributed by atoms with Gasteiger partial charge in [0.15, 0.2) is 0 Å². The van der Waals surface area contributed by atoms with E-state index < -0.39 is 10.7 Å². The molecule has 104 valence electrons. The molecule has 1 aromatic heterocycles. The number of nitrogens with one attached hydrogen (secondary N) is 1. The first-order valence-electron chi connectivity index (χ1n) is 5.26. The van der Waals surface area contributed by atoms with Crippen LogP contribution in [0.5, 0.6) is 11.6 Å². The Morgan fingerprint density at radius 3 is 2.75 bits per heavy atom. The standard InChI is InChI=1S/C11H8BrFN4O3/c12-7-2-1-6(5-8(7)13)20-11-9(17(18)19)3-4-10(15-11)16-14/h1-5H,14H2,(H,15,16). The molecule has 7 nitrogen and oxygen atoms in total. The smallest absolute Gasteiger partial charge is 0.331 e. The van der Waals surface area contributed by atoms with Gasteiger partial charge in [-0.15, -0.1) is 0 Å². The molecule has 0 saturated carbocycles. The molecule has 0 bridgehead atoms. The fraction of sp³-hybridized carbons (Fsp3) is 0. The number of rotatable bonds is 4. The Labute approximate surface area is 120 Å². The molecule has 0 saturated heterocycles. The molecule has 0 aliphatic carbocycles. The van der Waals surface area contributed by atoms with Crippen LogP contribution in [-0.4, -0.2) is 9.91 Å². The van der Waals surface area contributed by atoms with Gasteiger partial charge in [-0.05, 0) is 34.1 Å². The first-order valence-corrected chi connectivity index (χ1v) is 6.05. The zero-order chi connectivity index (χ0) is 14.7. The predicted molar refractivity (Wildman–Crippen MR) is 72.9 cm³/mol. The Kier molecular flexibility index (Phi) is 4.11. The van der Waals surface area contributed by atoms with Crippen molar-refractivity contribution in [1.29, 1.82) is 0 Å². The van der Waals surface area contributed by atoms with Crippen molar-refractivity contribution in [3.8, 4) is 11.6 Å². The first kappa shape index (κ1) is 14.2. The van der Waals surface area contributed by atoms with Crippen molar-refractivity contribution in [2.24, 2.45) is 5.84 Å². The number of halogens is 2. The Morgan fingerprint density at radius 2 is 2.15 bits per heavy atom. The highest BCUT2D eigenvalue weighted by Crippen LogP contribution is 2.31. The topological polar surface area (TPSA) is 103 Å². The van der Waals surface area contributed by atoms with Gasteiger partial charge in [0.05, 0.1) is 9.40 Å². The Bertz CT molecular complexity index is 668. The first-order chi connectivity index (χ1) is 9.51. The summed E-state index contributed by atoms with van der Waals surface area (Å²) in [5.74, 6) is 4.60. The number of hydrogen-bond acceptors (Lipinski definition) is 6. The highest BCUT2D eigenvalue weighted by molar-refractivity contribution is 9.10. The third-order valence-corrected chi connectivity index (χ3v) is 2.93. The summed E-state index contributed by atoms with van der Waals surface area (Å²) in [6, 6.07) is 6.46. The molecule has 0 unspecified atom stereocenters. The van der Waals surface area contributed by atoms with Gasteiger partial charge in [-0.1, -0.05) is 0 Å². The highest BCUT2D eigenvalue weighted by Gasteiger charge is 2.18. The van der Waals surface area contributed by atoms with Crippen LogP contribution in [-0.2, 0) is 0 Å². The summed E-state index contributed by atoms with van der Waals surface area (Å²) in [7, 11) is 0. The molecule has 20 heavy (non-hydrogen) atoms. The van der Waals surface area contributed by atoms with Gasteiger partial charge in [-0.3, -0.25) is 10.1 Å². The maximum absolute atomic E-state index is 13.4. The number of hydrazine groups is 1. The molecule has 1 heterocycles. The van der Waals surface area contributed by atoms with E-state index in [0.717, 1.165) is 6.07 Å². The Hall–Kier alpha value is -2.26. The van der Waals surface area contributed by atoms with Crippen molar-refractivity contribution in [1.82, 2.24) is 4.98 Å². The van der Waals surface area contributed by atoms with Gasteiger partial charge in [0.25, 0.3) is 0 Å². The number of hydrogen-bond donors (Lipinski definition) is 2. The van der Waals surface area contributed by atoms with Gasteiger partial charge in [0, 0.05) is 12.1 Å². The second-order valence-electron chi connectivity index (χ2n) is 3.60. The van der Waals surface area contributed by atoms with Crippen molar-refractivity contribution >= 4 is 27.4 Å². The Morgan fingerprint density at radius 1 is 1.40 bits per heavy atom. The van der Waals surface area contributed by atoms with Gasteiger partial charge in [-0.2, -0.15) is 4.98 Å². The number of nitrogens with two attached hydrogens (primary N) is 1. The molecule has 3 N–H and O–H groups in total. The molecule has 0 atom stereocenters. The van der Waals surface area contributed by atoms with Gasteiger partial charge in [0.1, 0.15) is 17.4 Å². The van der Waals surface area contributed by atoms with Crippen LogP contribution in [0, 0.1) is 15.9 Å². The lowest BCUT2D eigenvalue weighted by Gasteiger charge is -2.07.